The van der Waals surface area contributed by atoms with Crippen molar-refractivity contribution in [1.82, 2.24) is 9.97 Å². The second-order valence-corrected chi connectivity index (χ2v) is 7.10. The van der Waals surface area contributed by atoms with Gasteiger partial charge in [-0.05, 0) is 55.8 Å². The first-order valence-electron chi connectivity index (χ1n) is 9.42. The number of Topliss-reactive ketones (excluding diaryl/α,β-unsaturated/α-hetero) is 1. The van der Waals surface area contributed by atoms with Gasteiger partial charge in [0, 0.05) is 29.8 Å². The van der Waals surface area contributed by atoms with Gasteiger partial charge in [0.2, 0.25) is 5.78 Å². The Kier molecular flexibility index (Phi) is 4.99. The number of nitrogens with two attached hydrogens (primary N) is 1. The number of benzene rings is 1. The molecule has 3 aromatic heterocycles. The van der Waals surface area contributed by atoms with E-state index >= 15 is 0 Å². The van der Waals surface area contributed by atoms with Crippen LogP contribution < -0.4 is 11.1 Å². The summed E-state index contributed by atoms with van der Waals surface area (Å²) in [5.41, 5.74) is 11.1. The molecule has 6 nitrogen and oxygen atoms in total. The van der Waals surface area contributed by atoms with E-state index in [9.17, 15) is 4.79 Å². The number of carbonyl (C=O) groups is 1. The first-order valence-corrected chi connectivity index (χ1v) is 9.42. The van der Waals surface area contributed by atoms with E-state index in [0.29, 0.717) is 18.1 Å². The van der Waals surface area contributed by atoms with Gasteiger partial charge in [0.15, 0.2) is 5.76 Å². The van der Waals surface area contributed by atoms with Crippen LogP contribution in [0.4, 0.5) is 11.5 Å². The summed E-state index contributed by atoms with van der Waals surface area (Å²) in [6.07, 6.45) is 3.61. The molecule has 0 radical (unpaired) electrons. The SMILES string of the molecule is Cc1ccc2oc(C(=O)Cc3ccnc(CNc4cccnc4N)c3)c(C)c2c1. The molecule has 1 aromatic carbocycles. The topological polar surface area (TPSA) is 94.0 Å². The van der Waals surface area contributed by atoms with E-state index in [-0.39, 0.29) is 12.2 Å². The number of aryl methyl sites for hydroxylation is 2. The van der Waals surface area contributed by atoms with Gasteiger partial charge in [0.05, 0.1) is 17.9 Å². The van der Waals surface area contributed by atoms with Crippen molar-refractivity contribution in [2.45, 2.75) is 26.8 Å². The normalized spacial score (nSPS) is 11.0. The highest BCUT2D eigenvalue weighted by Gasteiger charge is 2.18. The molecule has 4 aromatic rings. The van der Waals surface area contributed by atoms with Crippen LogP contribution in [-0.4, -0.2) is 15.8 Å². The number of anilines is 2. The van der Waals surface area contributed by atoms with Gasteiger partial charge in [-0.25, -0.2) is 4.98 Å². The minimum absolute atomic E-state index is 0.0435. The number of furan rings is 1. The highest BCUT2D eigenvalue weighted by molar-refractivity contribution is 6.01. The summed E-state index contributed by atoms with van der Waals surface area (Å²) in [5.74, 6) is 0.817. The molecule has 146 valence electrons. The number of hydrogen-bond acceptors (Lipinski definition) is 6. The van der Waals surface area contributed by atoms with Gasteiger partial charge < -0.3 is 15.5 Å². The summed E-state index contributed by atoms with van der Waals surface area (Å²) in [6, 6.07) is 13.4. The van der Waals surface area contributed by atoms with Gasteiger partial charge in [0.25, 0.3) is 0 Å². The van der Waals surface area contributed by atoms with Crippen molar-refractivity contribution in [1.29, 1.82) is 0 Å². The summed E-state index contributed by atoms with van der Waals surface area (Å²) in [5, 5.41) is 4.21. The number of nitrogens with zero attached hydrogens (tertiary/aromatic N) is 2. The number of nitrogen functional groups attached to an aromatic ring is 1. The largest absolute Gasteiger partial charge is 0.453 e. The lowest BCUT2D eigenvalue weighted by atomic mass is 10.0. The number of hydrogen-bond donors (Lipinski definition) is 2. The summed E-state index contributed by atoms with van der Waals surface area (Å²) in [7, 11) is 0. The van der Waals surface area contributed by atoms with Gasteiger partial charge in [-0.3, -0.25) is 9.78 Å². The zero-order chi connectivity index (χ0) is 20.4. The molecule has 0 fully saturated rings. The molecule has 0 aliphatic carbocycles. The highest BCUT2D eigenvalue weighted by atomic mass is 16.3. The summed E-state index contributed by atoms with van der Waals surface area (Å²) < 4.78 is 5.84. The maximum Gasteiger partial charge on any atom is 0.202 e. The van der Waals surface area contributed by atoms with E-state index in [1.165, 1.54) is 0 Å². The van der Waals surface area contributed by atoms with E-state index in [1.54, 1.807) is 12.4 Å². The number of fused-ring (bicyclic) bond motifs is 1. The van der Waals surface area contributed by atoms with Gasteiger partial charge in [-0.2, -0.15) is 0 Å². The quantitative estimate of drug-likeness (QED) is 0.475. The molecule has 29 heavy (non-hydrogen) atoms. The van der Waals surface area contributed by atoms with Gasteiger partial charge >= 0.3 is 0 Å². The second kappa shape index (κ2) is 7.75. The molecule has 0 bridgehead atoms. The number of pyridine rings is 2. The van der Waals surface area contributed by atoms with Crippen LogP contribution >= 0.6 is 0 Å². The average Bonchev–Trinajstić information content (AvgIpc) is 3.04. The zero-order valence-electron chi connectivity index (χ0n) is 16.4. The van der Waals surface area contributed by atoms with Crippen LogP contribution in [0.1, 0.15) is 32.9 Å². The van der Waals surface area contributed by atoms with Crippen molar-refractivity contribution in [2.75, 3.05) is 11.1 Å². The molecule has 0 atom stereocenters. The Bertz CT molecular complexity index is 1200. The van der Waals surface area contributed by atoms with E-state index in [2.05, 4.69) is 15.3 Å². The Morgan fingerprint density at radius 1 is 1.10 bits per heavy atom. The van der Waals surface area contributed by atoms with Crippen molar-refractivity contribution in [3.05, 3.63) is 83.0 Å². The van der Waals surface area contributed by atoms with Gasteiger partial charge in [0.1, 0.15) is 11.4 Å². The minimum atomic E-state index is -0.0435. The third-order valence-electron chi connectivity index (χ3n) is 4.89. The summed E-state index contributed by atoms with van der Waals surface area (Å²) in [4.78, 5) is 21.3. The van der Waals surface area contributed by atoms with Crippen molar-refractivity contribution >= 4 is 28.3 Å². The lowest BCUT2D eigenvalue weighted by Crippen LogP contribution is -2.07. The van der Waals surface area contributed by atoms with Gasteiger partial charge in [-0.1, -0.05) is 11.6 Å². The summed E-state index contributed by atoms with van der Waals surface area (Å²) >= 11 is 0. The monoisotopic (exact) mass is 386 g/mol. The third kappa shape index (κ3) is 3.96. The Balaban J connectivity index is 1.50. The Labute approximate surface area is 168 Å². The van der Waals surface area contributed by atoms with E-state index in [0.717, 1.165) is 39.0 Å². The molecule has 0 unspecified atom stereocenters. The molecule has 0 amide bonds. The number of aromatic nitrogens is 2. The molecule has 0 aliphatic rings. The fraction of sp³-hybridized carbons (Fsp3) is 0.174. The van der Waals surface area contributed by atoms with Crippen LogP contribution in [0.5, 0.6) is 0 Å². The lowest BCUT2D eigenvalue weighted by Gasteiger charge is -2.08. The maximum atomic E-state index is 12.9. The number of rotatable bonds is 6. The van der Waals surface area contributed by atoms with E-state index < -0.39 is 0 Å². The number of nitrogens with one attached hydrogen (secondary N) is 1. The van der Waals surface area contributed by atoms with Crippen LogP contribution in [0.25, 0.3) is 11.0 Å². The number of carbonyl (C=O) groups excluding carboxylic acids is 1. The average molecular weight is 386 g/mol. The molecule has 0 spiro atoms. The molecule has 4 rings (SSSR count). The molecular weight excluding hydrogens is 364 g/mol. The minimum Gasteiger partial charge on any atom is -0.453 e. The van der Waals surface area contributed by atoms with Crippen molar-refractivity contribution in [3.8, 4) is 0 Å². The molecule has 0 aliphatic heterocycles. The molecular formula is C23H22N4O2. The first kappa shape index (κ1) is 18.7. The Morgan fingerprint density at radius 3 is 2.79 bits per heavy atom. The summed E-state index contributed by atoms with van der Waals surface area (Å²) in [6.45, 7) is 4.44. The van der Waals surface area contributed by atoms with Crippen LogP contribution in [0.3, 0.4) is 0 Å². The predicted octanol–water partition coefficient (Wildman–Crippen LogP) is 4.46. The second-order valence-electron chi connectivity index (χ2n) is 7.10. The van der Waals surface area contributed by atoms with Crippen molar-refractivity contribution in [3.63, 3.8) is 0 Å². The fourth-order valence-corrected chi connectivity index (χ4v) is 3.35. The zero-order valence-corrected chi connectivity index (χ0v) is 16.4. The van der Waals surface area contributed by atoms with Crippen LogP contribution in [0.15, 0.2) is 59.3 Å². The maximum absolute atomic E-state index is 12.9. The lowest BCUT2D eigenvalue weighted by molar-refractivity contribution is 0.0967. The standard InChI is InChI=1S/C23H22N4O2/c1-14-5-6-21-18(10-14)15(2)22(29-21)20(28)12-16-7-9-25-17(11-16)13-27-19-4-3-8-26-23(19)24/h3-11,27H,12-13H2,1-2H3,(H2,24,26). The number of ketones is 1. The van der Waals surface area contributed by atoms with Crippen molar-refractivity contribution < 1.29 is 9.21 Å². The molecule has 0 saturated heterocycles. The molecule has 0 saturated carbocycles. The predicted molar refractivity (Wildman–Crippen MR) is 114 cm³/mol. The highest BCUT2D eigenvalue weighted by Crippen LogP contribution is 2.27. The first-order chi connectivity index (χ1) is 14.0. The molecule has 3 N–H and O–H groups in total. The Hall–Kier alpha value is -3.67. The Morgan fingerprint density at radius 2 is 1.97 bits per heavy atom. The smallest absolute Gasteiger partial charge is 0.202 e. The van der Waals surface area contributed by atoms with E-state index in [1.807, 2.05) is 56.3 Å². The van der Waals surface area contributed by atoms with Crippen LogP contribution in [0.2, 0.25) is 0 Å². The van der Waals surface area contributed by atoms with Crippen LogP contribution in [-0.2, 0) is 13.0 Å². The van der Waals surface area contributed by atoms with E-state index in [4.69, 9.17) is 10.2 Å². The van der Waals surface area contributed by atoms with Crippen molar-refractivity contribution in [2.24, 2.45) is 0 Å². The van der Waals surface area contributed by atoms with Crippen LogP contribution in [0, 0.1) is 13.8 Å². The third-order valence-corrected chi connectivity index (χ3v) is 4.89. The molecule has 3 heterocycles. The fourth-order valence-electron chi connectivity index (χ4n) is 3.35. The molecule has 6 heteroatoms. The van der Waals surface area contributed by atoms with Gasteiger partial charge in [-0.15, -0.1) is 0 Å².